The van der Waals surface area contributed by atoms with Crippen LogP contribution in [0.2, 0.25) is 0 Å². The number of rotatable bonds is 5. The average molecular weight is 381 g/mol. The number of hydrogen-bond acceptors (Lipinski definition) is 5. The number of carbonyl (C=O) groups excluding carboxylic acids is 1. The molecule has 6 heteroatoms. The van der Waals surface area contributed by atoms with E-state index in [0.717, 1.165) is 16.9 Å². The van der Waals surface area contributed by atoms with E-state index in [1.807, 2.05) is 42.6 Å². The summed E-state index contributed by atoms with van der Waals surface area (Å²) in [5.41, 5.74) is 2.79. The zero-order chi connectivity index (χ0) is 18.6. The summed E-state index contributed by atoms with van der Waals surface area (Å²) in [6, 6.07) is 15.1. The fraction of sp³-hybridized carbons (Fsp3) is 0.190. The highest BCUT2D eigenvalue weighted by Crippen LogP contribution is 2.33. The van der Waals surface area contributed by atoms with Gasteiger partial charge in [0.2, 0.25) is 0 Å². The number of hydrogen-bond donors (Lipinski definition) is 1. The van der Waals surface area contributed by atoms with Crippen LogP contribution in [0.5, 0.6) is 17.2 Å². The van der Waals surface area contributed by atoms with Crippen LogP contribution in [0.3, 0.4) is 0 Å². The Kier molecular flexibility index (Phi) is 4.98. The van der Waals surface area contributed by atoms with Crippen molar-refractivity contribution in [3.05, 3.63) is 69.9 Å². The number of anilines is 1. The van der Waals surface area contributed by atoms with Crippen LogP contribution in [-0.4, -0.2) is 19.1 Å². The lowest BCUT2D eigenvalue weighted by molar-refractivity contribution is 0.103. The molecule has 0 radical (unpaired) electrons. The number of aryl methyl sites for hydroxylation is 1. The van der Waals surface area contributed by atoms with Crippen molar-refractivity contribution in [1.29, 1.82) is 0 Å². The lowest BCUT2D eigenvalue weighted by atomic mass is 10.2. The number of benzene rings is 2. The van der Waals surface area contributed by atoms with Gasteiger partial charge in [0.15, 0.2) is 11.5 Å². The van der Waals surface area contributed by atoms with Gasteiger partial charge in [-0.15, -0.1) is 11.3 Å². The number of ether oxygens (including phenoxy) is 3. The molecule has 0 spiro atoms. The fourth-order valence-electron chi connectivity index (χ4n) is 2.76. The summed E-state index contributed by atoms with van der Waals surface area (Å²) in [6.07, 6.45) is 0. The van der Waals surface area contributed by atoms with E-state index in [9.17, 15) is 4.79 Å². The van der Waals surface area contributed by atoms with E-state index >= 15 is 0 Å². The van der Waals surface area contributed by atoms with E-state index in [4.69, 9.17) is 14.2 Å². The van der Waals surface area contributed by atoms with Gasteiger partial charge in [0.1, 0.15) is 25.6 Å². The zero-order valence-corrected chi connectivity index (χ0v) is 15.7. The van der Waals surface area contributed by atoms with Gasteiger partial charge in [-0.1, -0.05) is 12.1 Å². The minimum atomic E-state index is -0.154. The summed E-state index contributed by atoms with van der Waals surface area (Å²) in [5.74, 6) is 2.02. The molecule has 1 N–H and O–H groups in total. The van der Waals surface area contributed by atoms with Gasteiger partial charge in [0.25, 0.3) is 5.91 Å². The molecule has 138 valence electrons. The first-order chi connectivity index (χ1) is 13.2. The highest BCUT2D eigenvalue weighted by Gasteiger charge is 2.14. The molecular weight excluding hydrogens is 362 g/mol. The third-order valence-electron chi connectivity index (χ3n) is 4.07. The number of carbonyl (C=O) groups is 1. The Hall–Kier alpha value is -2.99. The second kappa shape index (κ2) is 7.72. The highest BCUT2D eigenvalue weighted by molar-refractivity contribution is 7.12. The lowest BCUT2D eigenvalue weighted by Gasteiger charge is -2.18. The molecule has 0 fully saturated rings. The molecule has 1 aliphatic heterocycles. The molecule has 2 heterocycles. The molecule has 5 nitrogen and oxygen atoms in total. The zero-order valence-electron chi connectivity index (χ0n) is 14.9. The minimum absolute atomic E-state index is 0.154. The van der Waals surface area contributed by atoms with Crippen molar-refractivity contribution in [3.8, 4) is 17.2 Å². The van der Waals surface area contributed by atoms with Crippen LogP contribution in [0.4, 0.5) is 5.69 Å². The van der Waals surface area contributed by atoms with Gasteiger partial charge in [-0.25, -0.2) is 0 Å². The topological polar surface area (TPSA) is 56.8 Å². The first-order valence-electron chi connectivity index (χ1n) is 8.65. The molecule has 4 rings (SSSR count). The van der Waals surface area contributed by atoms with Gasteiger partial charge in [0, 0.05) is 17.3 Å². The first-order valence-corrected chi connectivity index (χ1v) is 9.53. The largest absolute Gasteiger partial charge is 0.489 e. The Labute approximate surface area is 161 Å². The molecule has 3 aromatic rings. The second-order valence-electron chi connectivity index (χ2n) is 6.24. The average Bonchev–Trinajstić information content (AvgIpc) is 3.16. The molecule has 0 saturated carbocycles. The van der Waals surface area contributed by atoms with Crippen molar-refractivity contribution < 1.29 is 19.0 Å². The van der Waals surface area contributed by atoms with Gasteiger partial charge in [0.05, 0.1) is 4.88 Å². The second-order valence-corrected chi connectivity index (χ2v) is 7.15. The van der Waals surface area contributed by atoms with E-state index < -0.39 is 0 Å². The Morgan fingerprint density at radius 3 is 2.81 bits per heavy atom. The molecule has 0 saturated heterocycles. The molecule has 2 aromatic carbocycles. The van der Waals surface area contributed by atoms with Crippen LogP contribution in [0.15, 0.2) is 53.9 Å². The number of nitrogens with one attached hydrogen (secondary N) is 1. The fourth-order valence-corrected chi connectivity index (χ4v) is 3.55. The van der Waals surface area contributed by atoms with Crippen LogP contribution < -0.4 is 19.5 Å². The minimum Gasteiger partial charge on any atom is -0.489 e. The number of amides is 1. The molecule has 0 unspecified atom stereocenters. The number of thiophene rings is 1. The van der Waals surface area contributed by atoms with E-state index in [0.29, 0.717) is 41.9 Å². The predicted molar refractivity (Wildman–Crippen MR) is 105 cm³/mol. The Bertz CT molecular complexity index is 966. The predicted octanol–water partition coefficient (Wildman–Crippen LogP) is 4.66. The van der Waals surface area contributed by atoms with Crippen molar-refractivity contribution in [1.82, 2.24) is 0 Å². The molecule has 0 aliphatic carbocycles. The van der Waals surface area contributed by atoms with E-state index in [-0.39, 0.29) is 5.91 Å². The van der Waals surface area contributed by atoms with Gasteiger partial charge in [-0.05, 0) is 48.2 Å². The molecule has 0 atom stereocenters. The normalized spacial score (nSPS) is 12.5. The highest BCUT2D eigenvalue weighted by atomic mass is 32.1. The first kappa shape index (κ1) is 17.4. The standard InChI is InChI=1S/C21H19NO4S/c1-14-3-2-4-17(9-14)26-12-15-10-20(27-13-15)21(23)22-16-5-6-18-19(11-16)25-8-7-24-18/h2-6,9-11,13H,7-8,12H2,1H3,(H,22,23). The summed E-state index contributed by atoms with van der Waals surface area (Å²) in [7, 11) is 0. The quantitative estimate of drug-likeness (QED) is 0.698. The van der Waals surface area contributed by atoms with Gasteiger partial charge in [-0.2, -0.15) is 0 Å². The van der Waals surface area contributed by atoms with Crippen LogP contribution >= 0.6 is 11.3 Å². The summed E-state index contributed by atoms with van der Waals surface area (Å²) in [5, 5.41) is 4.84. The van der Waals surface area contributed by atoms with Crippen LogP contribution in [-0.2, 0) is 6.61 Å². The maximum absolute atomic E-state index is 12.5. The maximum Gasteiger partial charge on any atom is 0.265 e. The summed E-state index contributed by atoms with van der Waals surface area (Å²) in [6.45, 7) is 3.51. The molecule has 1 amide bonds. The van der Waals surface area contributed by atoms with Crippen LogP contribution in [0.25, 0.3) is 0 Å². The van der Waals surface area contributed by atoms with Crippen molar-refractivity contribution in [2.75, 3.05) is 18.5 Å². The number of fused-ring (bicyclic) bond motifs is 1. The lowest BCUT2D eigenvalue weighted by Crippen LogP contribution is -2.16. The third-order valence-corrected chi connectivity index (χ3v) is 5.05. The smallest absolute Gasteiger partial charge is 0.265 e. The van der Waals surface area contributed by atoms with Crippen molar-refractivity contribution in [2.24, 2.45) is 0 Å². The van der Waals surface area contributed by atoms with E-state index in [1.54, 1.807) is 18.2 Å². The molecule has 1 aliphatic rings. The van der Waals surface area contributed by atoms with E-state index in [1.165, 1.54) is 11.3 Å². The third kappa shape index (κ3) is 4.23. The van der Waals surface area contributed by atoms with Crippen molar-refractivity contribution in [3.63, 3.8) is 0 Å². The summed E-state index contributed by atoms with van der Waals surface area (Å²) in [4.78, 5) is 13.1. The van der Waals surface area contributed by atoms with E-state index in [2.05, 4.69) is 5.32 Å². The molecule has 0 bridgehead atoms. The summed E-state index contributed by atoms with van der Waals surface area (Å²) >= 11 is 1.40. The SMILES string of the molecule is Cc1cccc(OCc2csc(C(=O)Nc3ccc4c(c3)OCCO4)c2)c1. The monoisotopic (exact) mass is 381 g/mol. The van der Waals surface area contributed by atoms with Gasteiger partial charge in [-0.3, -0.25) is 4.79 Å². The molecule has 27 heavy (non-hydrogen) atoms. The van der Waals surface area contributed by atoms with Gasteiger partial charge >= 0.3 is 0 Å². The maximum atomic E-state index is 12.5. The Morgan fingerprint density at radius 1 is 1.11 bits per heavy atom. The molecule has 1 aromatic heterocycles. The van der Waals surface area contributed by atoms with Crippen molar-refractivity contribution >= 4 is 22.9 Å². The Morgan fingerprint density at radius 2 is 1.96 bits per heavy atom. The summed E-state index contributed by atoms with van der Waals surface area (Å²) < 4.78 is 16.8. The van der Waals surface area contributed by atoms with Crippen molar-refractivity contribution in [2.45, 2.75) is 13.5 Å². The Balaban J connectivity index is 1.38. The van der Waals surface area contributed by atoms with Gasteiger partial charge < -0.3 is 19.5 Å². The van der Waals surface area contributed by atoms with Crippen LogP contribution in [0.1, 0.15) is 20.8 Å². The van der Waals surface area contributed by atoms with Crippen LogP contribution in [0, 0.1) is 6.92 Å². The molecular formula is C21H19NO4S.